The second-order valence-corrected chi connectivity index (χ2v) is 2.92. The number of hydrogen-bond acceptors (Lipinski definition) is 5. The highest BCUT2D eigenvalue weighted by atomic mass is 16.6. The molecule has 0 saturated heterocycles. The van der Waals surface area contributed by atoms with Gasteiger partial charge in [-0.15, -0.1) is 0 Å². The number of rotatable bonds is 3. The number of cyclic esters (lactones) is 1. The molecule has 1 aliphatic rings. The van der Waals surface area contributed by atoms with E-state index in [4.69, 9.17) is 5.11 Å². The van der Waals surface area contributed by atoms with E-state index in [0.29, 0.717) is 0 Å². The molecule has 0 aromatic carbocycles. The summed E-state index contributed by atoms with van der Waals surface area (Å²) in [4.78, 5) is 21.5. The molecule has 0 radical (unpaired) electrons. The van der Waals surface area contributed by atoms with Gasteiger partial charge in [0.15, 0.2) is 5.78 Å². The first-order chi connectivity index (χ1) is 6.43. The number of ketones is 1. The monoisotopic (exact) mass is 198 g/mol. The number of carbonyl (C=O) groups is 2. The first-order valence-corrected chi connectivity index (χ1v) is 3.91. The lowest BCUT2D eigenvalue weighted by molar-refractivity contribution is -0.151. The molecule has 0 aromatic heterocycles. The average Bonchev–Trinajstić information content (AvgIpc) is 2.42. The van der Waals surface area contributed by atoms with Crippen LogP contribution in [0.25, 0.3) is 0 Å². The van der Waals surface area contributed by atoms with E-state index in [0.717, 1.165) is 6.08 Å². The van der Waals surface area contributed by atoms with Crippen LogP contribution in [0.5, 0.6) is 0 Å². The molecule has 5 nitrogen and oxygen atoms in total. The minimum Gasteiger partial charge on any atom is -0.429 e. The summed E-state index contributed by atoms with van der Waals surface area (Å²) in [7, 11) is 0. The Labute approximate surface area is 80.3 Å². The maximum absolute atomic E-state index is 10.8. The van der Waals surface area contributed by atoms with Crippen molar-refractivity contribution in [3.63, 3.8) is 0 Å². The number of Topliss-reactive ketones (excluding diaryl/α,β-unsaturated/α-hetero) is 1. The number of aliphatic hydroxyl groups is 2. The van der Waals surface area contributed by atoms with Gasteiger partial charge in [0, 0.05) is 17.2 Å². The second-order valence-electron chi connectivity index (χ2n) is 2.92. The van der Waals surface area contributed by atoms with Crippen LogP contribution in [0, 0.1) is 0 Å². The van der Waals surface area contributed by atoms with Crippen molar-refractivity contribution >= 4 is 11.8 Å². The summed E-state index contributed by atoms with van der Waals surface area (Å²) in [6.45, 7) is 4.57. The Hall–Kier alpha value is -1.46. The van der Waals surface area contributed by atoms with Gasteiger partial charge in [-0.2, -0.15) is 0 Å². The van der Waals surface area contributed by atoms with Crippen molar-refractivity contribution in [3.8, 4) is 0 Å². The largest absolute Gasteiger partial charge is 0.429 e. The van der Waals surface area contributed by atoms with Gasteiger partial charge in [0.1, 0.15) is 6.10 Å². The highest BCUT2D eigenvalue weighted by molar-refractivity contribution is 5.95. The molecule has 1 aliphatic heterocycles. The molecule has 1 rings (SSSR count). The van der Waals surface area contributed by atoms with E-state index in [1.165, 1.54) is 6.92 Å². The molecule has 0 fully saturated rings. The van der Waals surface area contributed by atoms with E-state index < -0.39 is 24.1 Å². The number of carbonyl (C=O) groups excluding carboxylic acids is 2. The van der Waals surface area contributed by atoms with Crippen molar-refractivity contribution in [2.24, 2.45) is 0 Å². The van der Waals surface area contributed by atoms with Crippen LogP contribution in [0.4, 0.5) is 0 Å². The minimum absolute atomic E-state index is 0.0600. The van der Waals surface area contributed by atoms with Crippen LogP contribution in [-0.2, 0) is 14.3 Å². The van der Waals surface area contributed by atoms with Crippen LogP contribution in [0.3, 0.4) is 0 Å². The van der Waals surface area contributed by atoms with Gasteiger partial charge >= 0.3 is 5.97 Å². The fourth-order valence-corrected chi connectivity index (χ4v) is 1.03. The maximum Gasteiger partial charge on any atom is 0.333 e. The molecule has 2 atom stereocenters. The predicted molar refractivity (Wildman–Crippen MR) is 46.0 cm³/mol. The van der Waals surface area contributed by atoms with Crippen LogP contribution in [0.2, 0.25) is 0 Å². The Morgan fingerprint density at radius 1 is 1.71 bits per heavy atom. The van der Waals surface area contributed by atoms with E-state index in [9.17, 15) is 14.7 Å². The van der Waals surface area contributed by atoms with Gasteiger partial charge in [-0.3, -0.25) is 4.79 Å². The van der Waals surface area contributed by atoms with Crippen molar-refractivity contribution in [2.75, 3.05) is 0 Å². The van der Waals surface area contributed by atoms with E-state index in [-0.39, 0.29) is 11.1 Å². The van der Waals surface area contributed by atoms with Crippen LogP contribution in [-0.4, -0.2) is 34.4 Å². The van der Waals surface area contributed by atoms with Gasteiger partial charge in [0.2, 0.25) is 6.29 Å². The van der Waals surface area contributed by atoms with Crippen LogP contribution in [0.1, 0.15) is 6.92 Å². The summed E-state index contributed by atoms with van der Waals surface area (Å²) in [6.07, 6.45) is -1.91. The fraction of sp³-hybridized carbons (Fsp3) is 0.333. The quantitative estimate of drug-likeness (QED) is 0.462. The molecule has 0 saturated carbocycles. The summed E-state index contributed by atoms with van der Waals surface area (Å²) >= 11 is 0. The fourth-order valence-electron chi connectivity index (χ4n) is 1.03. The summed E-state index contributed by atoms with van der Waals surface area (Å²) < 4.78 is 4.34. The van der Waals surface area contributed by atoms with E-state index in [2.05, 4.69) is 11.3 Å². The average molecular weight is 198 g/mol. The first-order valence-electron chi connectivity index (χ1n) is 3.91. The summed E-state index contributed by atoms with van der Waals surface area (Å²) in [5.74, 6) is -1.16. The van der Waals surface area contributed by atoms with Crippen LogP contribution < -0.4 is 0 Å². The smallest absolute Gasteiger partial charge is 0.333 e. The Morgan fingerprint density at radius 3 is 2.64 bits per heavy atom. The third-order valence-corrected chi connectivity index (χ3v) is 1.90. The molecule has 0 spiro atoms. The number of esters is 1. The molecule has 2 unspecified atom stereocenters. The Morgan fingerprint density at radius 2 is 2.29 bits per heavy atom. The van der Waals surface area contributed by atoms with E-state index in [1.807, 2.05) is 0 Å². The van der Waals surface area contributed by atoms with Gasteiger partial charge in [0.25, 0.3) is 0 Å². The molecular weight excluding hydrogens is 188 g/mol. The molecule has 76 valence electrons. The van der Waals surface area contributed by atoms with Gasteiger partial charge < -0.3 is 14.9 Å². The molecule has 0 aliphatic carbocycles. The zero-order valence-corrected chi connectivity index (χ0v) is 7.56. The number of ether oxygens (including phenoxy) is 1. The summed E-state index contributed by atoms with van der Waals surface area (Å²) in [6, 6.07) is 0. The molecule has 2 N–H and O–H groups in total. The second kappa shape index (κ2) is 3.73. The molecule has 0 amide bonds. The minimum atomic E-state index is -1.49. The van der Waals surface area contributed by atoms with Crippen molar-refractivity contribution in [1.29, 1.82) is 0 Å². The van der Waals surface area contributed by atoms with Crippen LogP contribution in [0.15, 0.2) is 23.8 Å². The lowest BCUT2D eigenvalue weighted by atomic mass is 10.0. The summed E-state index contributed by atoms with van der Waals surface area (Å²) in [5, 5.41) is 18.6. The maximum atomic E-state index is 10.8. The number of hydrogen-bond donors (Lipinski definition) is 2. The van der Waals surface area contributed by atoms with Crippen molar-refractivity contribution in [2.45, 2.75) is 19.3 Å². The van der Waals surface area contributed by atoms with Gasteiger partial charge in [-0.05, 0) is 6.92 Å². The van der Waals surface area contributed by atoms with Gasteiger partial charge in [0.05, 0.1) is 0 Å². The normalized spacial score (nSPS) is 22.6. The van der Waals surface area contributed by atoms with Crippen LogP contribution >= 0.6 is 0 Å². The molecule has 14 heavy (non-hydrogen) atoms. The van der Waals surface area contributed by atoms with E-state index >= 15 is 0 Å². The number of aliphatic hydroxyl groups excluding tert-OH is 2. The standard InChI is InChI=1S/C9H10O5/c1-4(5(2)10)8(12)6-3-7(11)14-9(6)13/h3,8-9,12-13H,1H2,2H3. The third kappa shape index (κ3) is 1.89. The predicted octanol–water partition coefficient (Wildman–Crippen LogP) is -0.706. The lowest BCUT2D eigenvalue weighted by Crippen LogP contribution is -2.24. The third-order valence-electron chi connectivity index (χ3n) is 1.90. The SMILES string of the molecule is C=C(C(C)=O)C(O)C1=CC(=O)OC1O. The Kier molecular flexibility index (Phi) is 2.83. The molecular formula is C9H10O5. The highest BCUT2D eigenvalue weighted by Crippen LogP contribution is 2.21. The van der Waals surface area contributed by atoms with Gasteiger partial charge in [-0.1, -0.05) is 6.58 Å². The van der Waals surface area contributed by atoms with Crippen molar-refractivity contribution in [3.05, 3.63) is 23.8 Å². The zero-order chi connectivity index (χ0) is 10.9. The van der Waals surface area contributed by atoms with Crippen molar-refractivity contribution in [1.82, 2.24) is 0 Å². The highest BCUT2D eigenvalue weighted by Gasteiger charge is 2.31. The van der Waals surface area contributed by atoms with Gasteiger partial charge in [-0.25, -0.2) is 4.79 Å². The first kappa shape index (κ1) is 10.6. The Bertz CT molecular complexity index is 328. The molecule has 0 aromatic rings. The topological polar surface area (TPSA) is 83.8 Å². The van der Waals surface area contributed by atoms with E-state index in [1.54, 1.807) is 0 Å². The lowest BCUT2D eigenvalue weighted by Gasteiger charge is -2.14. The summed E-state index contributed by atoms with van der Waals surface area (Å²) in [5.41, 5.74) is -0.149. The molecule has 5 heteroatoms. The van der Waals surface area contributed by atoms with Crippen molar-refractivity contribution < 1.29 is 24.5 Å². The molecule has 0 bridgehead atoms. The molecule has 1 heterocycles. The Balaban J connectivity index is 2.85. The zero-order valence-electron chi connectivity index (χ0n) is 7.56.